The second-order valence-electron chi connectivity index (χ2n) is 8.16. The van der Waals surface area contributed by atoms with E-state index >= 15 is 0 Å². The molecule has 1 aromatic carbocycles. The van der Waals surface area contributed by atoms with Crippen molar-refractivity contribution < 1.29 is 14.3 Å². The number of carbonyl (C=O) groups is 1. The summed E-state index contributed by atoms with van der Waals surface area (Å²) >= 11 is 0. The van der Waals surface area contributed by atoms with E-state index in [2.05, 4.69) is 45.9 Å². The summed E-state index contributed by atoms with van der Waals surface area (Å²) in [6.45, 7) is 9.37. The van der Waals surface area contributed by atoms with E-state index in [-0.39, 0.29) is 17.3 Å². The van der Waals surface area contributed by atoms with Crippen molar-refractivity contribution in [3.8, 4) is 0 Å². The number of epoxide rings is 1. The summed E-state index contributed by atoms with van der Waals surface area (Å²) in [6.07, 6.45) is 3.49. The molecule has 3 heteroatoms. The molecule has 0 radical (unpaired) electrons. The van der Waals surface area contributed by atoms with E-state index in [0.29, 0.717) is 24.7 Å². The molecule has 2 fully saturated rings. The van der Waals surface area contributed by atoms with Gasteiger partial charge in [0.25, 0.3) is 0 Å². The van der Waals surface area contributed by atoms with Crippen LogP contribution >= 0.6 is 0 Å². The SMILES string of the molecule is CC(c1cccc(COC(=O)C2CCC3OC3C2)c1)C(C)(C)C. The summed E-state index contributed by atoms with van der Waals surface area (Å²) in [5.41, 5.74) is 2.60. The summed E-state index contributed by atoms with van der Waals surface area (Å²) in [5.74, 6) is 0.420. The normalized spacial score (nSPS) is 27.9. The zero-order valence-electron chi connectivity index (χ0n) is 14.7. The number of fused-ring (bicyclic) bond motifs is 1. The fraction of sp³-hybridized carbons (Fsp3) is 0.650. The molecule has 126 valence electrons. The van der Waals surface area contributed by atoms with Crippen molar-refractivity contribution in [1.29, 1.82) is 0 Å². The van der Waals surface area contributed by atoms with Crippen LogP contribution < -0.4 is 0 Å². The zero-order valence-corrected chi connectivity index (χ0v) is 14.7. The van der Waals surface area contributed by atoms with E-state index < -0.39 is 0 Å². The Hall–Kier alpha value is -1.35. The van der Waals surface area contributed by atoms with Gasteiger partial charge in [-0.05, 0) is 41.7 Å². The lowest BCUT2D eigenvalue weighted by atomic mass is 9.77. The fourth-order valence-corrected chi connectivity index (χ4v) is 3.34. The Balaban J connectivity index is 1.56. The van der Waals surface area contributed by atoms with E-state index in [0.717, 1.165) is 24.8 Å². The molecule has 23 heavy (non-hydrogen) atoms. The maximum atomic E-state index is 12.2. The Bertz CT molecular complexity index is 572. The lowest BCUT2D eigenvalue weighted by Crippen LogP contribution is -2.23. The van der Waals surface area contributed by atoms with Crippen LogP contribution in [0.3, 0.4) is 0 Å². The van der Waals surface area contributed by atoms with Gasteiger partial charge in [-0.15, -0.1) is 0 Å². The number of esters is 1. The van der Waals surface area contributed by atoms with Crippen molar-refractivity contribution in [2.75, 3.05) is 0 Å². The third-order valence-corrected chi connectivity index (χ3v) is 5.47. The molecule has 1 aromatic rings. The summed E-state index contributed by atoms with van der Waals surface area (Å²) in [5, 5.41) is 0. The molecule has 1 aliphatic carbocycles. The van der Waals surface area contributed by atoms with Crippen molar-refractivity contribution in [3.05, 3.63) is 35.4 Å². The Morgan fingerprint density at radius 3 is 2.78 bits per heavy atom. The standard InChI is InChI=1S/C20H28O3/c1-13(20(2,3)4)15-7-5-6-14(10-15)12-22-19(21)16-8-9-17-18(11-16)23-17/h5-7,10,13,16-18H,8-9,11-12H2,1-4H3. The van der Waals surface area contributed by atoms with Crippen molar-refractivity contribution in [2.24, 2.45) is 11.3 Å². The average molecular weight is 316 g/mol. The molecular formula is C20H28O3. The van der Waals surface area contributed by atoms with Crippen LogP contribution in [0.15, 0.2) is 24.3 Å². The second-order valence-corrected chi connectivity index (χ2v) is 8.16. The molecule has 4 atom stereocenters. The first-order valence-electron chi connectivity index (χ1n) is 8.75. The molecule has 0 N–H and O–H groups in total. The topological polar surface area (TPSA) is 38.8 Å². The molecule has 0 bridgehead atoms. The number of benzene rings is 1. The maximum absolute atomic E-state index is 12.2. The minimum absolute atomic E-state index is 0.0235. The van der Waals surface area contributed by atoms with Gasteiger partial charge in [0.05, 0.1) is 18.1 Å². The molecule has 0 aromatic heterocycles. The van der Waals surface area contributed by atoms with Crippen LogP contribution in [0, 0.1) is 11.3 Å². The van der Waals surface area contributed by atoms with Crippen LogP contribution in [-0.2, 0) is 20.9 Å². The van der Waals surface area contributed by atoms with E-state index in [1.807, 2.05) is 6.07 Å². The Kier molecular flexibility index (Phi) is 4.50. The monoisotopic (exact) mass is 316 g/mol. The van der Waals surface area contributed by atoms with Gasteiger partial charge in [-0.25, -0.2) is 0 Å². The lowest BCUT2D eigenvalue weighted by Gasteiger charge is -2.28. The second kappa shape index (κ2) is 6.27. The predicted octanol–water partition coefficient (Wildman–Crippen LogP) is 4.45. The van der Waals surface area contributed by atoms with Crippen LogP contribution in [0.25, 0.3) is 0 Å². The summed E-state index contributed by atoms with van der Waals surface area (Å²) < 4.78 is 11.0. The van der Waals surface area contributed by atoms with Gasteiger partial charge >= 0.3 is 5.97 Å². The molecule has 3 nitrogen and oxygen atoms in total. The number of rotatable bonds is 4. The highest BCUT2D eigenvalue weighted by molar-refractivity contribution is 5.72. The van der Waals surface area contributed by atoms with Gasteiger partial charge < -0.3 is 9.47 Å². The van der Waals surface area contributed by atoms with Gasteiger partial charge in [0.1, 0.15) is 6.61 Å². The van der Waals surface area contributed by atoms with Gasteiger partial charge in [-0.1, -0.05) is 52.0 Å². The zero-order chi connectivity index (χ0) is 16.6. The molecule has 1 saturated heterocycles. The molecule has 0 spiro atoms. The van der Waals surface area contributed by atoms with Crippen LogP contribution in [-0.4, -0.2) is 18.2 Å². The van der Waals surface area contributed by atoms with Crippen LogP contribution in [0.5, 0.6) is 0 Å². The summed E-state index contributed by atoms with van der Waals surface area (Å²) in [7, 11) is 0. The highest BCUT2D eigenvalue weighted by atomic mass is 16.6. The third kappa shape index (κ3) is 3.95. The van der Waals surface area contributed by atoms with E-state index in [9.17, 15) is 4.79 Å². The first kappa shape index (κ1) is 16.5. The Morgan fingerprint density at radius 1 is 1.30 bits per heavy atom. The van der Waals surface area contributed by atoms with Crippen molar-refractivity contribution in [3.63, 3.8) is 0 Å². The Labute approximate surface area is 139 Å². The van der Waals surface area contributed by atoms with Gasteiger partial charge in [0, 0.05) is 0 Å². The maximum Gasteiger partial charge on any atom is 0.309 e. The number of ether oxygens (including phenoxy) is 2. The number of carbonyl (C=O) groups excluding carboxylic acids is 1. The van der Waals surface area contributed by atoms with Crippen molar-refractivity contribution >= 4 is 5.97 Å². The van der Waals surface area contributed by atoms with Crippen LogP contribution in [0.1, 0.15) is 64.0 Å². The number of hydrogen-bond acceptors (Lipinski definition) is 3. The van der Waals surface area contributed by atoms with Crippen molar-refractivity contribution in [1.82, 2.24) is 0 Å². The largest absolute Gasteiger partial charge is 0.461 e. The number of hydrogen-bond donors (Lipinski definition) is 0. The van der Waals surface area contributed by atoms with Crippen molar-refractivity contribution in [2.45, 2.75) is 71.7 Å². The molecule has 1 heterocycles. The molecule has 1 saturated carbocycles. The highest BCUT2D eigenvalue weighted by Crippen LogP contribution is 2.40. The first-order chi connectivity index (χ1) is 10.8. The van der Waals surface area contributed by atoms with Gasteiger partial charge in [-0.2, -0.15) is 0 Å². The smallest absolute Gasteiger partial charge is 0.309 e. The Morgan fingerprint density at radius 2 is 2.09 bits per heavy atom. The quantitative estimate of drug-likeness (QED) is 0.608. The van der Waals surface area contributed by atoms with E-state index in [1.54, 1.807) is 0 Å². The first-order valence-corrected chi connectivity index (χ1v) is 8.75. The van der Waals surface area contributed by atoms with Gasteiger partial charge in [0.15, 0.2) is 0 Å². The van der Waals surface area contributed by atoms with E-state index in [1.165, 1.54) is 5.56 Å². The lowest BCUT2D eigenvalue weighted by molar-refractivity contribution is -0.150. The molecule has 4 unspecified atom stereocenters. The summed E-state index contributed by atoms with van der Waals surface area (Å²) in [4.78, 5) is 12.2. The average Bonchev–Trinajstić information content (AvgIpc) is 3.29. The minimum atomic E-state index is -0.0618. The van der Waals surface area contributed by atoms with Gasteiger partial charge in [0.2, 0.25) is 0 Å². The minimum Gasteiger partial charge on any atom is -0.461 e. The van der Waals surface area contributed by atoms with Crippen LogP contribution in [0.2, 0.25) is 0 Å². The van der Waals surface area contributed by atoms with E-state index in [4.69, 9.17) is 9.47 Å². The van der Waals surface area contributed by atoms with Gasteiger partial charge in [-0.3, -0.25) is 4.79 Å². The molecule has 3 rings (SSSR count). The fourth-order valence-electron chi connectivity index (χ4n) is 3.34. The molecule has 2 aliphatic rings. The molecule has 0 amide bonds. The third-order valence-electron chi connectivity index (χ3n) is 5.47. The predicted molar refractivity (Wildman–Crippen MR) is 90.1 cm³/mol. The highest BCUT2D eigenvalue weighted by Gasteiger charge is 2.46. The van der Waals surface area contributed by atoms with Crippen LogP contribution in [0.4, 0.5) is 0 Å². The molecule has 1 aliphatic heterocycles. The summed E-state index contributed by atoms with van der Waals surface area (Å²) in [6, 6.07) is 8.42. The molecular weight excluding hydrogens is 288 g/mol.